The molecule has 0 atom stereocenters. The second-order valence-corrected chi connectivity index (χ2v) is 7.33. The summed E-state index contributed by atoms with van der Waals surface area (Å²) in [6.07, 6.45) is 1.15. The van der Waals surface area contributed by atoms with Crippen LogP contribution in [0.15, 0.2) is 36.4 Å². The van der Waals surface area contributed by atoms with Gasteiger partial charge in [-0.05, 0) is 36.6 Å². The van der Waals surface area contributed by atoms with E-state index in [0.29, 0.717) is 48.1 Å². The van der Waals surface area contributed by atoms with Crippen molar-refractivity contribution in [1.82, 2.24) is 0 Å². The van der Waals surface area contributed by atoms with Crippen molar-refractivity contribution < 1.29 is 23.9 Å². The Morgan fingerprint density at radius 3 is 2.76 bits per heavy atom. The highest BCUT2D eigenvalue weighted by Gasteiger charge is 2.29. The van der Waals surface area contributed by atoms with Gasteiger partial charge in [0, 0.05) is 19.2 Å². The number of nitro groups is 1. The molecule has 2 aromatic rings. The number of benzene rings is 2. The summed E-state index contributed by atoms with van der Waals surface area (Å²) in [6, 6.07) is 10.1. The van der Waals surface area contributed by atoms with Crippen LogP contribution in [0.5, 0.6) is 11.5 Å². The number of esters is 1. The highest BCUT2D eigenvalue weighted by Crippen LogP contribution is 2.40. The van der Waals surface area contributed by atoms with Gasteiger partial charge in [0.15, 0.2) is 11.5 Å². The van der Waals surface area contributed by atoms with Gasteiger partial charge in [-0.1, -0.05) is 23.7 Å². The Balaban J connectivity index is 1.33. The largest absolute Gasteiger partial charge is 0.461 e. The average Bonchev–Trinajstić information content (AvgIpc) is 3.21. The van der Waals surface area contributed by atoms with E-state index in [2.05, 4.69) is 0 Å². The fourth-order valence-corrected chi connectivity index (χ4v) is 3.91. The van der Waals surface area contributed by atoms with Crippen LogP contribution in [0, 0.1) is 16.0 Å². The Labute approximate surface area is 172 Å². The van der Waals surface area contributed by atoms with Crippen LogP contribution in [-0.4, -0.2) is 30.8 Å². The third kappa shape index (κ3) is 4.07. The molecule has 0 N–H and O–H groups in total. The van der Waals surface area contributed by atoms with E-state index < -0.39 is 0 Å². The topological polar surface area (TPSA) is 91.1 Å². The molecule has 8 nitrogen and oxygen atoms in total. The molecule has 4 rings (SSSR count). The van der Waals surface area contributed by atoms with Crippen LogP contribution in [0.1, 0.15) is 18.4 Å². The van der Waals surface area contributed by atoms with E-state index >= 15 is 0 Å². The number of hydrogen-bond acceptors (Lipinski definition) is 7. The maximum absolute atomic E-state index is 12.5. The molecule has 2 aromatic carbocycles. The summed E-state index contributed by atoms with van der Waals surface area (Å²) in [4.78, 5) is 25.3. The van der Waals surface area contributed by atoms with E-state index in [4.69, 9.17) is 25.8 Å². The smallest absolute Gasteiger partial charge is 0.309 e. The predicted octanol–water partition coefficient (Wildman–Crippen LogP) is 3.94. The molecule has 2 aliphatic rings. The molecular weight excluding hydrogens is 400 g/mol. The molecule has 0 unspecified atom stereocenters. The highest BCUT2D eigenvalue weighted by atomic mass is 35.5. The zero-order chi connectivity index (χ0) is 20.4. The third-order valence-electron chi connectivity index (χ3n) is 5.12. The van der Waals surface area contributed by atoms with Gasteiger partial charge in [-0.15, -0.1) is 0 Å². The van der Waals surface area contributed by atoms with E-state index in [1.165, 1.54) is 6.07 Å². The number of anilines is 1. The molecule has 2 heterocycles. The van der Waals surface area contributed by atoms with Crippen LogP contribution < -0.4 is 14.4 Å². The van der Waals surface area contributed by atoms with E-state index in [9.17, 15) is 14.9 Å². The van der Waals surface area contributed by atoms with Crippen LogP contribution in [0.4, 0.5) is 11.4 Å². The number of nitro benzene ring substituents is 1. The molecule has 0 aromatic heterocycles. The Bertz CT molecular complexity index is 943. The maximum Gasteiger partial charge on any atom is 0.309 e. The first-order chi connectivity index (χ1) is 14.0. The highest BCUT2D eigenvalue weighted by molar-refractivity contribution is 6.32. The number of ether oxygens (including phenoxy) is 3. The quantitative estimate of drug-likeness (QED) is 0.412. The van der Waals surface area contributed by atoms with E-state index in [0.717, 1.165) is 5.56 Å². The van der Waals surface area contributed by atoms with Gasteiger partial charge in [-0.3, -0.25) is 14.9 Å². The standard InChI is InChI=1S/C20H19ClN2O6/c21-15-9-13(10-18-19(15)29-12-28-18)11-27-20(24)14-5-7-22(8-6-14)16-3-1-2-4-17(16)23(25)26/h1-4,9-10,14H,5-8,11-12H2. The molecule has 29 heavy (non-hydrogen) atoms. The van der Waals surface area contributed by atoms with Crippen molar-refractivity contribution in [2.24, 2.45) is 5.92 Å². The molecule has 0 bridgehead atoms. The summed E-state index contributed by atoms with van der Waals surface area (Å²) in [5.41, 5.74) is 1.39. The second-order valence-electron chi connectivity index (χ2n) is 6.93. The summed E-state index contributed by atoms with van der Waals surface area (Å²) in [5, 5.41) is 11.7. The van der Waals surface area contributed by atoms with E-state index in [1.807, 2.05) is 4.90 Å². The fourth-order valence-electron chi connectivity index (χ4n) is 3.62. The Morgan fingerprint density at radius 1 is 1.24 bits per heavy atom. The lowest BCUT2D eigenvalue weighted by molar-refractivity contribution is -0.384. The minimum Gasteiger partial charge on any atom is -0.461 e. The normalized spacial score (nSPS) is 16.0. The predicted molar refractivity (Wildman–Crippen MR) is 105 cm³/mol. The molecule has 0 radical (unpaired) electrons. The van der Waals surface area contributed by atoms with Crippen LogP contribution >= 0.6 is 11.6 Å². The monoisotopic (exact) mass is 418 g/mol. The van der Waals surface area contributed by atoms with Crippen molar-refractivity contribution >= 4 is 28.9 Å². The van der Waals surface area contributed by atoms with Gasteiger partial charge in [-0.2, -0.15) is 0 Å². The summed E-state index contributed by atoms with van der Waals surface area (Å²) in [7, 11) is 0. The first-order valence-corrected chi connectivity index (χ1v) is 9.64. The molecule has 2 aliphatic heterocycles. The molecule has 152 valence electrons. The molecule has 0 saturated carbocycles. The summed E-state index contributed by atoms with van der Waals surface area (Å²) < 4.78 is 16.1. The van der Waals surface area contributed by atoms with Gasteiger partial charge in [0.1, 0.15) is 12.3 Å². The lowest BCUT2D eigenvalue weighted by atomic mass is 9.96. The number of halogens is 1. The SMILES string of the molecule is O=C(OCc1cc(Cl)c2c(c1)OCO2)C1CCN(c2ccccc2[N+](=O)[O-])CC1. The second kappa shape index (κ2) is 8.16. The minimum atomic E-state index is -0.383. The number of nitrogens with zero attached hydrogens (tertiary/aromatic N) is 2. The number of piperidine rings is 1. The van der Waals surface area contributed by atoms with Crippen LogP contribution in [0.2, 0.25) is 5.02 Å². The molecule has 9 heteroatoms. The van der Waals surface area contributed by atoms with Crippen LogP contribution in [-0.2, 0) is 16.1 Å². The van der Waals surface area contributed by atoms with Gasteiger partial charge in [0.25, 0.3) is 5.69 Å². The fraction of sp³-hybridized carbons (Fsp3) is 0.350. The summed E-state index contributed by atoms with van der Waals surface area (Å²) >= 11 is 6.15. The average molecular weight is 419 g/mol. The lowest BCUT2D eigenvalue weighted by Crippen LogP contribution is -2.37. The van der Waals surface area contributed by atoms with Gasteiger partial charge in [0.2, 0.25) is 6.79 Å². The van der Waals surface area contributed by atoms with Gasteiger partial charge in [0.05, 0.1) is 15.9 Å². The number of fused-ring (bicyclic) bond motifs is 1. The summed E-state index contributed by atoms with van der Waals surface area (Å²) in [6.45, 7) is 1.33. The number of hydrogen-bond donors (Lipinski definition) is 0. The van der Waals surface area contributed by atoms with Crippen molar-refractivity contribution in [3.63, 3.8) is 0 Å². The summed E-state index contributed by atoms with van der Waals surface area (Å²) in [5.74, 6) is 0.532. The van der Waals surface area contributed by atoms with Gasteiger partial charge < -0.3 is 19.1 Å². The first kappa shape index (κ1) is 19.3. The van der Waals surface area contributed by atoms with Crippen LogP contribution in [0.25, 0.3) is 0 Å². The Hall–Kier alpha value is -3.00. The molecule has 0 aliphatic carbocycles. The number of carbonyl (C=O) groups is 1. The number of carbonyl (C=O) groups excluding carboxylic acids is 1. The van der Waals surface area contributed by atoms with Crippen molar-refractivity contribution in [3.05, 3.63) is 57.1 Å². The minimum absolute atomic E-state index is 0.0770. The number of rotatable bonds is 5. The van der Waals surface area contributed by atoms with E-state index in [-0.39, 0.29) is 35.9 Å². The van der Waals surface area contributed by atoms with Crippen molar-refractivity contribution in [1.29, 1.82) is 0 Å². The molecule has 1 saturated heterocycles. The zero-order valence-electron chi connectivity index (χ0n) is 15.5. The third-order valence-corrected chi connectivity index (χ3v) is 5.40. The maximum atomic E-state index is 12.5. The first-order valence-electron chi connectivity index (χ1n) is 9.26. The number of para-hydroxylation sites is 2. The lowest BCUT2D eigenvalue weighted by Gasteiger charge is -2.32. The molecule has 0 amide bonds. The van der Waals surface area contributed by atoms with Crippen molar-refractivity contribution in [2.45, 2.75) is 19.4 Å². The molecular formula is C20H19ClN2O6. The van der Waals surface area contributed by atoms with Crippen LogP contribution in [0.3, 0.4) is 0 Å². The van der Waals surface area contributed by atoms with Crippen molar-refractivity contribution in [2.75, 3.05) is 24.8 Å². The van der Waals surface area contributed by atoms with E-state index in [1.54, 1.807) is 30.3 Å². The zero-order valence-corrected chi connectivity index (χ0v) is 16.3. The van der Waals surface area contributed by atoms with Gasteiger partial charge >= 0.3 is 5.97 Å². The molecule has 0 spiro atoms. The Kier molecular flexibility index (Phi) is 5.44. The van der Waals surface area contributed by atoms with Crippen molar-refractivity contribution in [3.8, 4) is 11.5 Å². The van der Waals surface area contributed by atoms with Gasteiger partial charge in [-0.25, -0.2) is 0 Å². The Morgan fingerprint density at radius 2 is 2.00 bits per heavy atom. The molecule has 1 fully saturated rings.